The monoisotopic (exact) mass is 223 g/mol. The molecular formula is C13H18FNO. The third-order valence-corrected chi connectivity index (χ3v) is 2.63. The number of carbonyl (C=O) groups is 1. The molecule has 0 bridgehead atoms. The minimum absolute atomic E-state index is 0.0713. The second kappa shape index (κ2) is 5.64. The third-order valence-electron chi connectivity index (χ3n) is 2.63. The van der Waals surface area contributed by atoms with Gasteiger partial charge in [-0.25, -0.2) is 4.39 Å². The molecule has 1 unspecified atom stereocenters. The summed E-state index contributed by atoms with van der Waals surface area (Å²) < 4.78 is 13.0. The maximum Gasteiger partial charge on any atom is 0.165 e. The lowest BCUT2D eigenvalue weighted by Gasteiger charge is -2.10. The number of benzene rings is 1. The smallest absolute Gasteiger partial charge is 0.165 e. The molecule has 16 heavy (non-hydrogen) atoms. The first-order valence-corrected chi connectivity index (χ1v) is 5.62. The Bertz CT molecular complexity index is 376. The highest BCUT2D eigenvalue weighted by atomic mass is 19.1. The van der Waals surface area contributed by atoms with Crippen LogP contribution in [0.3, 0.4) is 0 Å². The van der Waals surface area contributed by atoms with Gasteiger partial charge in [0.15, 0.2) is 5.78 Å². The molecular weight excluding hydrogens is 205 g/mol. The predicted octanol–water partition coefficient (Wildman–Crippen LogP) is 3.42. The van der Waals surface area contributed by atoms with E-state index in [9.17, 15) is 9.18 Å². The highest BCUT2D eigenvalue weighted by molar-refractivity contribution is 6.00. The highest BCUT2D eigenvalue weighted by Crippen LogP contribution is 2.19. The Morgan fingerprint density at radius 2 is 2.19 bits per heavy atom. The molecule has 88 valence electrons. The quantitative estimate of drug-likeness (QED) is 0.614. The van der Waals surface area contributed by atoms with E-state index in [1.165, 1.54) is 18.2 Å². The van der Waals surface area contributed by atoms with Crippen LogP contribution in [0.15, 0.2) is 18.2 Å². The van der Waals surface area contributed by atoms with Crippen molar-refractivity contribution in [3.05, 3.63) is 29.6 Å². The third kappa shape index (κ3) is 3.33. The van der Waals surface area contributed by atoms with Crippen LogP contribution in [0.25, 0.3) is 0 Å². The Balaban J connectivity index is 2.76. The molecule has 0 amide bonds. The summed E-state index contributed by atoms with van der Waals surface area (Å²) in [6, 6.07) is 3.92. The van der Waals surface area contributed by atoms with Crippen molar-refractivity contribution >= 4 is 11.5 Å². The van der Waals surface area contributed by atoms with E-state index >= 15 is 0 Å². The van der Waals surface area contributed by atoms with Gasteiger partial charge in [0.2, 0.25) is 0 Å². The molecule has 0 aliphatic rings. The van der Waals surface area contributed by atoms with Crippen molar-refractivity contribution in [3.8, 4) is 0 Å². The number of anilines is 1. The summed E-state index contributed by atoms with van der Waals surface area (Å²) in [5.41, 5.74) is 6.32. The number of nitrogen functional groups attached to an aromatic ring is 1. The van der Waals surface area contributed by atoms with Crippen molar-refractivity contribution in [1.82, 2.24) is 0 Å². The normalized spacial score (nSPS) is 12.4. The SMILES string of the molecule is CCCC(C)CC(=O)c1cc(F)ccc1N. The molecule has 0 heterocycles. The Morgan fingerprint density at radius 3 is 2.81 bits per heavy atom. The molecule has 1 aromatic rings. The first kappa shape index (κ1) is 12.7. The van der Waals surface area contributed by atoms with Gasteiger partial charge in [-0.3, -0.25) is 4.79 Å². The number of ketones is 1. The molecule has 0 aromatic heterocycles. The fourth-order valence-electron chi connectivity index (χ4n) is 1.79. The number of hydrogen-bond acceptors (Lipinski definition) is 2. The average Bonchev–Trinajstić information content (AvgIpc) is 2.21. The molecule has 0 aliphatic carbocycles. The van der Waals surface area contributed by atoms with E-state index in [1.807, 2.05) is 6.92 Å². The second-order valence-electron chi connectivity index (χ2n) is 4.25. The molecule has 2 nitrogen and oxygen atoms in total. The molecule has 0 saturated heterocycles. The lowest BCUT2D eigenvalue weighted by atomic mass is 9.95. The number of rotatable bonds is 5. The lowest BCUT2D eigenvalue weighted by molar-refractivity contribution is 0.0963. The van der Waals surface area contributed by atoms with Gasteiger partial charge in [0.1, 0.15) is 5.82 Å². The molecule has 3 heteroatoms. The fourth-order valence-corrected chi connectivity index (χ4v) is 1.79. The Morgan fingerprint density at radius 1 is 1.50 bits per heavy atom. The number of carbonyl (C=O) groups excluding carboxylic acids is 1. The lowest BCUT2D eigenvalue weighted by Crippen LogP contribution is -2.09. The Labute approximate surface area is 95.7 Å². The van der Waals surface area contributed by atoms with Crippen LogP contribution in [0.5, 0.6) is 0 Å². The van der Waals surface area contributed by atoms with Crippen LogP contribution in [-0.4, -0.2) is 5.78 Å². The van der Waals surface area contributed by atoms with E-state index in [0.29, 0.717) is 23.6 Å². The van der Waals surface area contributed by atoms with E-state index in [4.69, 9.17) is 5.73 Å². The number of nitrogens with two attached hydrogens (primary N) is 1. The van der Waals surface area contributed by atoms with Gasteiger partial charge >= 0.3 is 0 Å². The molecule has 0 saturated carbocycles. The van der Waals surface area contributed by atoms with Gasteiger partial charge in [0.05, 0.1) is 0 Å². The molecule has 0 spiro atoms. The Kier molecular flexibility index (Phi) is 4.47. The topological polar surface area (TPSA) is 43.1 Å². The van der Waals surface area contributed by atoms with Crippen LogP contribution < -0.4 is 5.73 Å². The fraction of sp³-hybridized carbons (Fsp3) is 0.462. The second-order valence-corrected chi connectivity index (χ2v) is 4.25. The van der Waals surface area contributed by atoms with Gasteiger partial charge in [0.25, 0.3) is 0 Å². The van der Waals surface area contributed by atoms with Crippen LogP contribution in [-0.2, 0) is 0 Å². The molecule has 2 N–H and O–H groups in total. The van der Waals surface area contributed by atoms with E-state index < -0.39 is 5.82 Å². The van der Waals surface area contributed by atoms with Crippen molar-refractivity contribution in [2.45, 2.75) is 33.1 Å². The van der Waals surface area contributed by atoms with Gasteiger partial charge in [0, 0.05) is 17.7 Å². The van der Waals surface area contributed by atoms with E-state index in [1.54, 1.807) is 0 Å². The summed E-state index contributed by atoms with van der Waals surface area (Å²) >= 11 is 0. The zero-order valence-corrected chi connectivity index (χ0v) is 9.79. The number of Topliss-reactive ketones (excluding diaryl/α,β-unsaturated/α-hetero) is 1. The first-order chi connectivity index (χ1) is 7.54. The van der Waals surface area contributed by atoms with Crippen LogP contribution >= 0.6 is 0 Å². The number of hydrogen-bond donors (Lipinski definition) is 1. The van der Waals surface area contributed by atoms with Crippen molar-refractivity contribution in [2.24, 2.45) is 5.92 Å². The van der Waals surface area contributed by atoms with Gasteiger partial charge < -0.3 is 5.73 Å². The van der Waals surface area contributed by atoms with E-state index in [0.717, 1.165) is 12.8 Å². The predicted molar refractivity (Wildman–Crippen MR) is 63.8 cm³/mol. The minimum Gasteiger partial charge on any atom is -0.398 e. The molecule has 0 fully saturated rings. The molecule has 0 aliphatic heterocycles. The summed E-state index contributed by atoms with van der Waals surface area (Å²) in [6.45, 7) is 4.11. The Hall–Kier alpha value is -1.38. The summed E-state index contributed by atoms with van der Waals surface area (Å²) in [7, 11) is 0. The van der Waals surface area contributed by atoms with Gasteiger partial charge in [-0.05, 0) is 24.1 Å². The molecule has 1 atom stereocenters. The van der Waals surface area contributed by atoms with Crippen LogP contribution in [0.2, 0.25) is 0 Å². The van der Waals surface area contributed by atoms with Gasteiger partial charge in [-0.2, -0.15) is 0 Å². The highest BCUT2D eigenvalue weighted by Gasteiger charge is 2.14. The van der Waals surface area contributed by atoms with Crippen molar-refractivity contribution in [2.75, 3.05) is 5.73 Å². The number of halogens is 1. The summed E-state index contributed by atoms with van der Waals surface area (Å²) in [6.07, 6.45) is 2.48. The van der Waals surface area contributed by atoms with Crippen LogP contribution in [0.4, 0.5) is 10.1 Å². The summed E-state index contributed by atoms with van der Waals surface area (Å²) in [4.78, 5) is 11.9. The van der Waals surface area contributed by atoms with E-state index in [-0.39, 0.29) is 5.78 Å². The summed E-state index contributed by atoms with van der Waals surface area (Å²) in [5.74, 6) is -0.168. The van der Waals surface area contributed by atoms with Gasteiger partial charge in [-0.15, -0.1) is 0 Å². The molecule has 1 aromatic carbocycles. The molecule has 0 radical (unpaired) electrons. The summed E-state index contributed by atoms with van der Waals surface area (Å²) in [5, 5.41) is 0. The maximum atomic E-state index is 13.0. The van der Waals surface area contributed by atoms with Crippen molar-refractivity contribution in [1.29, 1.82) is 0 Å². The largest absolute Gasteiger partial charge is 0.398 e. The zero-order chi connectivity index (χ0) is 12.1. The van der Waals surface area contributed by atoms with Gasteiger partial charge in [-0.1, -0.05) is 26.7 Å². The minimum atomic E-state index is -0.416. The standard InChI is InChI=1S/C13H18FNO/c1-3-4-9(2)7-13(16)11-8-10(14)5-6-12(11)15/h5-6,8-9H,3-4,7,15H2,1-2H3. The van der Waals surface area contributed by atoms with Crippen LogP contribution in [0, 0.1) is 11.7 Å². The average molecular weight is 223 g/mol. The van der Waals surface area contributed by atoms with E-state index in [2.05, 4.69) is 6.92 Å². The maximum absolute atomic E-state index is 13.0. The zero-order valence-electron chi connectivity index (χ0n) is 9.79. The first-order valence-electron chi connectivity index (χ1n) is 5.62. The molecule has 1 rings (SSSR count). The van der Waals surface area contributed by atoms with Crippen molar-refractivity contribution in [3.63, 3.8) is 0 Å². The van der Waals surface area contributed by atoms with Crippen LogP contribution in [0.1, 0.15) is 43.5 Å². The van der Waals surface area contributed by atoms with Crippen molar-refractivity contribution < 1.29 is 9.18 Å².